The molecule has 0 unspecified atom stereocenters. The molecule has 10 heavy (non-hydrogen) atoms. The van der Waals surface area contributed by atoms with Gasteiger partial charge in [-0.15, -0.1) is 0 Å². The van der Waals surface area contributed by atoms with Crippen molar-refractivity contribution >= 4 is 5.91 Å². The number of rotatable bonds is 2. The number of likely N-dealkylation sites (tertiary alicyclic amines) is 1. The van der Waals surface area contributed by atoms with E-state index in [1.165, 1.54) is 0 Å². The zero-order valence-corrected chi connectivity index (χ0v) is 6.26. The van der Waals surface area contributed by atoms with Gasteiger partial charge in [0.2, 0.25) is 5.91 Å². The fourth-order valence-corrected chi connectivity index (χ4v) is 1.11. The van der Waals surface area contributed by atoms with Gasteiger partial charge in [-0.1, -0.05) is 0 Å². The average Bonchev–Trinajstić information content (AvgIpc) is 2.14. The standard InChI is InChI=1S/C6H12N2O2/c1-8-4-5(7-10-2)3-6(8)9/h5,7H,3-4H2,1-2H3/t5-/m1/s1. The lowest BCUT2D eigenvalue weighted by molar-refractivity contribution is -0.126. The number of hydrogen-bond acceptors (Lipinski definition) is 3. The first-order chi connectivity index (χ1) is 4.74. The molecule has 0 aromatic rings. The molecular weight excluding hydrogens is 132 g/mol. The van der Waals surface area contributed by atoms with Gasteiger partial charge in [0.25, 0.3) is 0 Å². The molecule has 1 aliphatic heterocycles. The second-order valence-electron chi connectivity index (χ2n) is 2.50. The molecule has 1 aliphatic rings. The van der Waals surface area contributed by atoms with Crippen LogP contribution >= 0.6 is 0 Å². The van der Waals surface area contributed by atoms with E-state index in [1.807, 2.05) is 0 Å². The molecule has 0 aromatic heterocycles. The van der Waals surface area contributed by atoms with Gasteiger partial charge in [0.15, 0.2) is 0 Å². The fraction of sp³-hybridized carbons (Fsp3) is 0.833. The summed E-state index contributed by atoms with van der Waals surface area (Å²) >= 11 is 0. The van der Waals surface area contributed by atoms with E-state index < -0.39 is 0 Å². The van der Waals surface area contributed by atoms with Crippen molar-refractivity contribution in [1.82, 2.24) is 10.4 Å². The summed E-state index contributed by atoms with van der Waals surface area (Å²) in [6.45, 7) is 0.743. The van der Waals surface area contributed by atoms with Gasteiger partial charge in [-0.3, -0.25) is 4.79 Å². The second-order valence-corrected chi connectivity index (χ2v) is 2.50. The van der Waals surface area contributed by atoms with Crippen molar-refractivity contribution in [1.29, 1.82) is 0 Å². The van der Waals surface area contributed by atoms with Crippen LogP contribution < -0.4 is 5.48 Å². The Morgan fingerprint density at radius 3 is 2.90 bits per heavy atom. The van der Waals surface area contributed by atoms with Crippen LogP contribution in [0.25, 0.3) is 0 Å². The molecule has 1 heterocycles. The fourth-order valence-electron chi connectivity index (χ4n) is 1.11. The van der Waals surface area contributed by atoms with Gasteiger partial charge in [-0.05, 0) is 0 Å². The number of likely N-dealkylation sites (N-methyl/N-ethyl adjacent to an activating group) is 1. The van der Waals surface area contributed by atoms with Crippen molar-refractivity contribution in [2.24, 2.45) is 0 Å². The summed E-state index contributed by atoms with van der Waals surface area (Å²) in [5.41, 5.74) is 2.74. The molecule has 0 bridgehead atoms. The first-order valence-corrected chi connectivity index (χ1v) is 3.26. The van der Waals surface area contributed by atoms with Crippen LogP contribution in [0.1, 0.15) is 6.42 Å². The van der Waals surface area contributed by atoms with Crippen molar-refractivity contribution in [3.63, 3.8) is 0 Å². The zero-order chi connectivity index (χ0) is 7.56. The molecule has 1 N–H and O–H groups in total. The molecule has 4 heteroatoms. The quantitative estimate of drug-likeness (QED) is 0.524. The van der Waals surface area contributed by atoms with Gasteiger partial charge in [0.1, 0.15) is 0 Å². The lowest BCUT2D eigenvalue weighted by Crippen LogP contribution is -2.30. The number of nitrogens with one attached hydrogen (secondary N) is 1. The highest BCUT2D eigenvalue weighted by atomic mass is 16.6. The van der Waals surface area contributed by atoms with Gasteiger partial charge in [0.05, 0.1) is 13.2 Å². The van der Waals surface area contributed by atoms with Crippen LogP contribution in [0.4, 0.5) is 0 Å². The molecule has 0 aromatic carbocycles. The van der Waals surface area contributed by atoms with Crippen molar-refractivity contribution in [3.8, 4) is 0 Å². The monoisotopic (exact) mass is 144 g/mol. The van der Waals surface area contributed by atoms with Crippen molar-refractivity contribution < 1.29 is 9.63 Å². The molecule has 1 saturated heterocycles. The molecule has 0 saturated carbocycles. The smallest absolute Gasteiger partial charge is 0.224 e. The minimum absolute atomic E-state index is 0.169. The maximum atomic E-state index is 10.9. The molecule has 58 valence electrons. The summed E-state index contributed by atoms with van der Waals surface area (Å²) in [5.74, 6) is 0.176. The third-order valence-electron chi connectivity index (χ3n) is 1.63. The summed E-state index contributed by atoms with van der Waals surface area (Å²) in [4.78, 5) is 17.3. The zero-order valence-electron chi connectivity index (χ0n) is 6.26. The Hall–Kier alpha value is -0.610. The Bertz CT molecular complexity index is 138. The largest absolute Gasteiger partial charge is 0.344 e. The van der Waals surface area contributed by atoms with Gasteiger partial charge < -0.3 is 9.74 Å². The normalized spacial score (nSPS) is 26.0. The van der Waals surface area contributed by atoms with Crippen LogP contribution in [-0.2, 0) is 9.63 Å². The highest BCUT2D eigenvalue weighted by Crippen LogP contribution is 2.07. The van der Waals surface area contributed by atoms with Crippen LogP contribution in [0.2, 0.25) is 0 Å². The van der Waals surface area contributed by atoms with Gasteiger partial charge >= 0.3 is 0 Å². The third-order valence-corrected chi connectivity index (χ3v) is 1.63. The molecule has 0 radical (unpaired) electrons. The Kier molecular flexibility index (Phi) is 2.24. The third kappa shape index (κ3) is 1.46. The number of hydrogen-bond donors (Lipinski definition) is 1. The molecule has 0 aliphatic carbocycles. The van der Waals surface area contributed by atoms with Crippen LogP contribution in [0, 0.1) is 0 Å². The van der Waals surface area contributed by atoms with E-state index >= 15 is 0 Å². The summed E-state index contributed by atoms with van der Waals surface area (Å²) in [6.07, 6.45) is 0.546. The molecule has 1 fully saturated rings. The van der Waals surface area contributed by atoms with E-state index in [1.54, 1.807) is 19.1 Å². The predicted octanol–water partition coefficient (Wildman–Crippen LogP) is -0.632. The molecular formula is C6H12N2O2. The summed E-state index contributed by atoms with van der Waals surface area (Å²) in [5, 5.41) is 0. The lowest BCUT2D eigenvalue weighted by atomic mass is 10.3. The van der Waals surface area contributed by atoms with Crippen LogP contribution in [0.3, 0.4) is 0 Å². The maximum absolute atomic E-state index is 10.9. The minimum Gasteiger partial charge on any atom is -0.344 e. The maximum Gasteiger partial charge on any atom is 0.224 e. The summed E-state index contributed by atoms with van der Waals surface area (Å²) in [7, 11) is 3.35. The van der Waals surface area contributed by atoms with Crippen LogP contribution in [-0.4, -0.2) is 37.6 Å². The lowest BCUT2D eigenvalue weighted by Gasteiger charge is -2.09. The van der Waals surface area contributed by atoms with E-state index in [9.17, 15) is 4.79 Å². The van der Waals surface area contributed by atoms with E-state index in [0.717, 1.165) is 6.54 Å². The SMILES string of the molecule is CON[C@@H]1CC(=O)N(C)C1. The van der Waals surface area contributed by atoms with Crippen molar-refractivity contribution in [2.45, 2.75) is 12.5 Å². The minimum atomic E-state index is 0.169. The number of amides is 1. The van der Waals surface area contributed by atoms with E-state index in [2.05, 4.69) is 5.48 Å². The van der Waals surface area contributed by atoms with E-state index in [4.69, 9.17) is 4.84 Å². The van der Waals surface area contributed by atoms with Crippen molar-refractivity contribution in [3.05, 3.63) is 0 Å². The topological polar surface area (TPSA) is 41.6 Å². The van der Waals surface area contributed by atoms with Crippen LogP contribution in [0.5, 0.6) is 0 Å². The van der Waals surface area contributed by atoms with Crippen LogP contribution in [0.15, 0.2) is 0 Å². The van der Waals surface area contributed by atoms with E-state index in [-0.39, 0.29) is 11.9 Å². The molecule has 1 atom stereocenters. The predicted molar refractivity (Wildman–Crippen MR) is 36.2 cm³/mol. The Morgan fingerprint density at radius 2 is 2.50 bits per heavy atom. The Morgan fingerprint density at radius 1 is 1.80 bits per heavy atom. The Balaban J connectivity index is 2.34. The van der Waals surface area contributed by atoms with Gasteiger partial charge in [0, 0.05) is 20.0 Å². The molecule has 1 amide bonds. The van der Waals surface area contributed by atoms with Crippen molar-refractivity contribution in [2.75, 3.05) is 20.7 Å². The Labute approximate surface area is 60.1 Å². The molecule has 0 spiro atoms. The van der Waals surface area contributed by atoms with Gasteiger partial charge in [-0.2, -0.15) is 5.48 Å². The average molecular weight is 144 g/mol. The van der Waals surface area contributed by atoms with E-state index in [0.29, 0.717) is 6.42 Å². The molecule has 1 rings (SSSR count). The van der Waals surface area contributed by atoms with Gasteiger partial charge in [-0.25, -0.2) is 0 Å². The number of nitrogens with zero attached hydrogens (tertiary/aromatic N) is 1. The first kappa shape index (κ1) is 7.50. The molecule has 4 nitrogen and oxygen atoms in total. The first-order valence-electron chi connectivity index (χ1n) is 3.26. The number of carbonyl (C=O) groups excluding carboxylic acids is 1. The summed E-state index contributed by atoms with van der Waals surface area (Å²) in [6, 6.07) is 0.169. The second kappa shape index (κ2) is 2.98. The number of carbonyl (C=O) groups is 1. The highest BCUT2D eigenvalue weighted by molar-refractivity contribution is 5.78. The highest BCUT2D eigenvalue weighted by Gasteiger charge is 2.26. The summed E-state index contributed by atoms with van der Waals surface area (Å²) < 4.78 is 0. The number of hydroxylamine groups is 1.